The monoisotopic (exact) mass is 320 g/mol. The minimum atomic E-state index is -2.86. The SMILES string of the molecule is CN1/C(=C/C=N[C@@H]2CCS(=O)(=O)C2)C(C)(C)[C@@H]2C=CC=C[C@@H]21. The van der Waals surface area contributed by atoms with Crippen molar-refractivity contribution in [1.82, 2.24) is 4.90 Å². The molecule has 3 atom stereocenters. The van der Waals surface area contributed by atoms with E-state index in [4.69, 9.17) is 0 Å². The third-order valence-electron chi connectivity index (χ3n) is 5.16. The highest BCUT2D eigenvalue weighted by Crippen LogP contribution is 2.49. The number of rotatable bonds is 2. The topological polar surface area (TPSA) is 49.7 Å². The molecule has 5 heteroatoms. The second-order valence-electron chi connectivity index (χ2n) is 7.03. The molecule has 0 spiro atoms. The van der Waals surface area contributed by atoms with E-state index in [-0.39, 0.29) is 23.0 Å². The Morgan fingerprint density at radius 2 is 2.05 bits per heavy atom. The maximum atomic E-state index is 11.5. The second kappa shape index (κ2) is 5.37. The summed E-state index contributed by atoms with van der Waals surface area (Å²) in [7, 11) is -0.738. The molecular formula is C17H24N2O2S. The van der Waals surface area contributed by atoms with E-state index >= 15 is 0 Å². The van der Waals surface area contributed by atoms with Crippen LogP contribution in [0.5, 0.6) is 0 Å². The number of hydrogen-bond donors (Lipinski definition) is 0. The van der Waals surface area contributed by atoms with Crippen molar-refractivity contribution in [2.24, 2.45) is 16.3 Å². The number of nitrogens with zero attached hydrogens (tertiary/aromatic N) is 2. The number of likely N-dealkylation sites (tertiary alicyclic amines) is 1. The summed E-state index contributed by atoms with van der Waals surface area (Å²) in [4.78, 5) is 6.76. The highest BCUT2D eigenvalue weighted by molar-refractivity contribution is 7.91. The molecule has 0 unspecified atom stereocenters. The lowest BCUT2D eigenvalue weighted by Crippen LogP contribution is -2.27. The molecule has 0 radical (unpaired) electrons. The third kappa shape index (κ3) is 2.67. The van der Waals surface area contributed by atoms with E-state index in [1.165, 1.54) is 5.70 Å². The molecule has 2 saturated heterocycles. The van der Waals surface area contributed by atoms with Gasteiger partial charge in [0.2, 0.25) is 0 Å². The van der Waals surface area contributed by atoms with Crippen molar-refractivity contribution < 1.29 is 8.42 Å². The molecular weight excluding hydrogens is 296 g/mol. The Morgan fingerprint density at radius 3 is 2.68 bits per heavy atom. The molecule has 2 aliphatic heterocycles. The van der Waals surface area contributed by atoms with Crippen molar-refractivity contribution in [3.8, 4) is 0 Å². The van der Waals surface area contributed by atoms with Gasteiger partial charge in [0.05, 0.1) is 23.6 Å². The second-order valence-corrected chi connectivity index (χ2v) is 9.25. The average molecular weight is 320 g/mol. The lowest BCUT2D eigenvalue weighted by Gasteiger charge is -2.26. The van der Waals surface area contributed by atoms with Crippen molar-refractivity contribution in [3.63, 3.8) is 0 Å². The molecule has 0 amide bonds. The highest BCUT2D eigenvalue weighted by Gasteiger charge is 2.46. The van der Waals surface area contributed by atoms with Crippen LogP contribution in [0.15, 0.2) is 41.1 Å². The fraction of sp³-hybridized carbons (Fsp3) is 0.588. The van der Waals surface area contributed by atoms with Gasteiger partial charge in [0, 0.05) is 30.3 Å². The van der Waals surface area contributed by atoms with Gasteiger partial charge < -0.3 is 4.90 Å². The first kappa shape index (κ1) is 15.5. The number of aliphatic imine (C=N–C) groups is 1. The Morgan fingerprint density at radius 1 is 1.32 bits per heavy atom. The Hall–Kier alpha value is -1.36. The van der Waals surface area contributed by atoms with Gasteiger partial charge in [-0.25, -0.2) is 8.42 Å². The van der Waals surface area contributed by atoms with Gasteiger partial charge in [-0.3, -0.25) is 4.99 Å². The van der Waals surface area contributed by atoms with Crippen molar-refractivity contribution in [1.29, 1.82) is 0 Å². The van der Waals surface area contributed by atoms with Gasteiger partial charge in [-0.15, -0.1) is 0 Å². The zero-order valence-electron chi connectivity index (χ0n) is 13.4. The quantitative estimate of drug-likeness (QED) is 0.733. The van der Waals surface area contributed by atoms with Crippen molar-refractivity contribution in [2.75, 3.05) is 18.6 Å². The summed E-state index contributed by atoms with van der Waals surface area (Å²) >= 11 is 0. The summed E-state index contributed by atoms with van der Waals surface area (Å²) in [6.07, 6.45) is 13.3. The Balaban J connectivity index is 1.79. The Bertz CT molecular complexity index is 671. The lowest BCUT2D eigenvalue weighted by atomic mass is 9.75. The zero-order valence-corrected chi connectivity index (χ0v) is 14.3. The van der Waals surface area contributed by atoms with Gasteiger partial charge in [-0.1, -0.05) is 38.2 Å². The fourth-order valence-electron chi connectivity index (χ4n) is 3.88. The standard InChI is InChI=1S/C17H24N2O2S/c1-17(2)14-6-4-5-7-15(14)19(3)16(17)8-10-18-13-9-11-22(20,21)12-13/h4-8,10,13-15H,9,11-12H2,1-3H3/b16-8+,18-10?/t13-,14-,15+/m1/s1. The fourth-order valence-corrected chi connectivity index (χ4v) is 5.52. The van der Waals surface area contributed by atoms with E-state index in [1.54, 1.807) is 0 Å². The normalized spacial score (nSPS) is 37.3. The van der Waals surface area contributed by atoms with Crippen LogP contribution in [0.4, 0.5) is 0 Å². The average Bonchev–Trinajstić information content (AvgIpc) is 2.90. The minimum absolute atomic E-state index is 0.0500. The first-order valence-electron chi connectivity index (χ1n) is 7.83. The van der Waals surface area contributed by atoms with E-state index in [1.807, 2.05) is 6.21 Å². The highest BCUT2D eigenvalue weighted by atomic mass is 32.2. The molecule has 2 fully saturated rings. The number of fused-ring (bicyclic) bond motifs is 1. The third-order valence-corrected chi connectivity index (χ3v) is 6.91. The van der Waals surface area contributed by atoms with E-state index in [0.717, 1.165) is 0 Å². The van der Waals surface area contributed by atoms with Crippen LogP contribution in [0.25, 0.3) is 0 Å². The van der Waals surface area contributed by atoms with Crippen molar-refractivity contribution >= 4 is 16.1 Å². The van der Waals surface area contributed by atoms with Gasteiger partial charge in [-0.05, 0) is 12.5 Å². The Labute approximate surface area is 133 Å². The van der Waals surface area contributed by atoms with Crippen LogP contribution in [-0.4, -0.2) is 50.2 Å². The van der Waals surface area contributed by atoms with E-state index in [0.29, 0.717) is 18.4 Å². The van der Waals surface area contributed by atoms with Crippen LogP contribution >= 0.6 is 0 Å². The van der Waals surface area contributed by atoms with Gasteiger partial charge in [0.25, 0.3) is 0 Å². The summed E-state index contributed by atoms with van der Waals surface area (Å²) in [5, 5.41) is 0. The van der Waals surface area contributed by atoms with Crippen LogP contribution in [0.3, 0.4) is 0 Å². The first-order valence-corrected chi connectivity index (χ1v) is 9.65. The number of allylic oxidation sites excluding steroid dienone is 4. The minimum Gasteiger partial charge on any atom is -0.370 e. The molecule has 0 aromatic rings. The van der Waals surface area contributed by atoms with Crippen molar-refractivity contribution in [3.05, 3.63) is 36.1 Å². The number of sulfone groups is 1. The van der Waals surface area contributed by atoms with Crippen LogP contribution in [0, 0.1) is 11.3 Å². The van der Waals surface area contributed by atoms with E-state index in [9.17, 15) is 8.42 Å². The molecule has 1 aliphatic carbocycles. The van der Waals surface area contributed by atoms with Gasteiger partial charge in [0.15, 0.2) is 9.84 Å². The Kier molecular flexibility index (Phi) is 3.79. The first-order chi connectivity index (χ1) is 10.3. The summed E-state index contributed by atoms with van der Waals surface area (Å²) in [5.41, 5.74) is 1.30. The largest absolute Gasteiger partial charge is 0.370 e. The predicted molar refractivity (Wildman–Crippen MR) is 90.7 cm³/mol. The molecule has 0 bridgehead atoms. The molecule has 3 aliphatic rings. The van der Waals surface area contributed by atoms with Crippen molar-refractivity contribution in [2.45, 2.75) is 32.4 Å². The number of hydrogen-bond acceptors (Lipinski definition) is 4. The van der Waals surface area contributed by atoms with E-state index in [2.05, 4.69) is 61.2 Å². The zero-order chi connectivity index (χ0) is 16.0. The van der Waals surface area contributed by atoms with Gasteiger partial charge in [0.1, 0.15) is 0 Å². The van der Waals surface area contributed by atoms with Crippen LogP contribution in [-0.2, 0) is 9.84 Å². The summed E-state index contributed by atoms with van der Waals surface area (Å²) in [6.45, 7) is 4.52. The number of likely N-dealkylation sites (N-methyl/N-ethyl adjacent to an activating group) is 1. The molecule has 22 heavy (non-hydrogen) atoms. The summed E-state index contributed by atoms with van der Waals surface area (Å²) in [6, 6.07) is 0.324. The molecule has 0 N–H and O–H groups in total. The van der Waals surface area contributed by atoms with Crippen LogP contribution in [0.2, 0.25) is 0 Å². The predicted octanol–water partition coefficient (Wildman–Crippen LogP) is 2.21. The van der Waals surface area contributed by atoms with E-state index < -0.39 is 9.84 Å². The summed E-state index contributed by atoms with van der Waals surface area (Å²) in [5.74, 6) is 0.938. The smallest absolute Gasteiger partial charge is 0.152 e. The molecule has 0 saturated carbocycles. The molecule has 2 heterocycles. The maximum Gasteiger partial charge on any atom is 0.152 e. The lowest BCUT2D eigenvalue weighted by molar-refractivity contribution is 0.344. The molecule has 0 aromatic carbocycles. The van der Waals surface area contributed by atoms with Gasteiger partial charge in [-0.2, -0.15) is 0 Å². The summed E-state index contributed by atoms with van der Waals surface area (Å²) < 4.78 is 22.9. The van der Waals surface area contributed by atoms with Gasteiger partial charge >= 0.3 is 0 Å². The molecule has 0 aromatic heterocycles. The maximum absolute atomic E-state index is 11.5. The molecule has 3 rings (SSSR count). The molecule has 4 nitrogen and oxygen atoms in total. The van der Waals surface area contributed by atoms with Crippen LogP contribution < -0.4 is 0 Å². The molecule has 120 valence electrons. The van der Waals surface area contributed by atoms with Crippen LogP contribution in [0.1, 0.15) is 20.3 Å².